The van der Waals surface area contributed by atoms with Crippen molar-refractivity contribution >= 4 is 5.91 Å². The van der Waals surface area contributed by atoms with E-state index in [0.29, 0.717) is 19.1 Å². The van der Waals surface area contributed by atoms with Gasteiger partial charge in [-0.05, 0) is 62.1 Å². The van der Waals surface area contributed by atoms with Crippen LogP contribution in [0.3, 0.4) is 0 Å². The monoisotopic (exact) mass is 344 g/mol. The molecule has 0 aromatic heterocycles. The average molecular weight is 344 g/mol. The van der Waals surface area contributed by atoms with Gasteiger partial charge in [-0.25, -0.2) is 4.39 Å². The van der Waals surface area contributed by atoms with Crippen molar-refractivity contribution < 1.29 is 9.18 Å². The number of nitrogens with one attached hydrogen (secondary N) is 1. The van der Waals surface area contributed by atoms with Gasteiger partial charge in [0.2, 0.25) is 5.91 Å². The van der Waals surface area contributed by atoms with E-state index in [1.165, 1.54) is 44.1 Å². The van der Waals surface area contributed by atoms with Gasteiger partial charge in [-0.3, -0.25) is 9.69 Å². The second-order valence-corrected chi connectivity index (χ2v) is 8.38. The van der Waals surface area contributed by atoms with Crippen molar-refractivity contribution in [1.29, 1.82) is 0 Å². The molecule has 0 heterocycles. The summed E-state index contributed by atoms with van der Waals surface area (Å²) in [6, 6.07) is 7.53. The van der Waals surface area contributed by atoms with Crippen LogP contribution in [0.5, 0.6) is 0 Å². The molecule has 0 unspecified atom stereocenters. The molecule has 0 aliphatic heterocycles. The van der Waals surface area contributed by atoms with Crippen LogP contribution in [-0.2, 0) is 10.2 Å². The smallest absolute Gasteiger partial charge is 0.234 e. The van der Waals surface area contributed by atoms with E-state index < -0.39 is 0 Å². The zero-order chi connectivity index (χ0) is 17.3. The zero-order valence-electron chi connectivity index (χ0n) is 15.0. The second-order valence-electron chi connectivity index (χ2n) is 8.38. The fourth-order valence-electron chi connectivity index (χ4n) is 4.35. The first-order valence-corrected chi connectivity index (χ1v) is 9.91. The SMILES string of the molecule is O=C(CN(CC1CC1)C1CC1)NCC1(c2ccc(F)cc2)CCCC1. The van der Waals surface area contributed by atoms with Crippen molar-refractivity contribution in [1.82, 2.24) is 10.2 Å². The van der Waals surface area contributed by atoms with E-state index >= 15 is 0 Å². The van der Waals surface area contributed by atoms with Crippen LogP contribution in [0.25, 0.3) is 0 Å². The first-order chi connectivity index (χ1) is 12.1. The number of carbonyl (C=O) groups excluding carboxylic acids is 1. The van der Waals surface area contributed by atoms with Crippen molar-refractivity contribution in [3.8, 4) is 0 Å². The maximum absolute atomic E-state index is 13.3. The average Bonchev–Trinajstić information content (AvgIpc) is 3.53. The third-order valence-electron chi connectivity index (χ3n) is 6.24. The van der Waals surface area contributed by atoms with E-state index in [9.17, 15) is 9.18 Å². The fourth-order valence-corrected chi connectivity index (χ4v) is 4.35. The predicted octanol–water partition coefficient (Wildman–Crippen LogP) is 3.63. The van der Waals surface area contributed by atoms with Crippen LogP contribution >= 0.6 is 0 Å². The van der Waals surface area contributed by atoms with Crippen molar-refractivity contribution in [3.05, 3.63) is 35.6 Å². The fraction of sp³-hybridized carbons (Fsp3) is 0.667. The predicted molar refractivity (Wildman–Crippen MR) is 96.9 cm³/mol. The Balaban J connectivity index is 1.35. The second kappa shape index (κ2) is 7.06. The standard InChI is InChI=1S/C21H29FN2O/c22-18-7-5-17(6-8-18)21(11-1-2-12-21)15-23-20(25)14-24(19-9-10-19)13-16-3-4-16/h5-8,16,19H,1-4,9-15H2,(H,23,25). The van der Waals surface area contributed by atoms with Crippen molar-refractivity contribution in [3.63, 3.8) is 0 Å². The van der Waals surface area contributed by atoms with Gasteiger partial charge in [-0.15, -0.1) is 0 Å². The third kappa shape index (κ3) is 4.22. The van der Waals surface area contributed by atoms with Gasteiger partial charge < -0.3 is 5.32 Å². The molecule has 136 valence electrons. The molecule has 3 fully saturated rings. The van der Waals surface area contributed by atoms with Crippen LogP contribution in [0, 0.1) is 11.7 Å². The van der Waals surface area contributed by atoms with Gasteiger partial charge in [0.15, 0.2) is 0 Å². The van der Waals surface area contributed by atoms with Crippen LogP contribution in [0.4, 0.5) is 4.39 Å². The summed E-state index contributed by atoms with van der Waals surface area (Å²) in [5, 5.41) is 3.21. The topological polar surface area (TPSA) is 32.3 Å². The molecule has 4 rings (SSSR count). The Morgan fingerprint density at radius 2 is 1.80 bits per heavy atom. The summed E-state index contributed by atoms with van der Waals surface area (Å²) in [6.45, 7) is 2.32. The number of halogens is 1. The minimum Gasteiger partial charge on any atom is -0.354 e. The summed E-state index contributed by atoms with van der Waals surface area (Å²) in [4.78, 5) is 15.0. The number of amides is 1. The minimum absolute atomic E-state index is 0.00966. The van der Waals surface area contributed by atoms with Gasteiger partial charge in [0.05, 0.1) is 6.54 Å². The summed E-state index contributed by atoms with van der Waals surface area (Å²) in [5.74, 6) is 0.788. The molecule has 0 atom stereocenters. The quantitative estimate of drug-likeness (QED) is 0.781. The number of hydrogen-bond donors (Lipinski definition) is 1. The van der Waals surface area contributed by atoms with Crippen LogP contribution in [0.15, 0.2) is 24.3 Å². The molecule has 1 aromatic rings. The van der Waals surface area contributed by atoms with Gasteiger partial charge in [0, 0.05) is 24.5 Å². The molecule has 4 heteroatoms. The van der Waals surface area contributed by atoms with E-state index in [0.717, 1.165) is 25.3 Å². The molecule has 0 radical (unpaired) electrons. The lowest BCUT2D eigenvalue weighted by Crippen LogP contribution is -2.44. The molecule has 1 amide bonds. The molecule has 0 saturated heterocycles. The Labute approximate surface area is 150 Å². The zero-order valence-corrected chi connectivity index (χ0v) is 15.0. The Bertz CT molecular complexity index is 601. The van der Waals surface area contributed by atoms with E-state index in [1.54, 1.807) is 12.1 Å². The summed E-state index contributed by atoms with van der Waals surface area (Å²) in [6.07, 6.45) is 9.68. The van der Waals surface area contributed by atoms with Gasteiger partial charge in [0.1, 0.15) is 5.82 Å². The first kappa shape index (κ1) is 17.0. The lowest BCUT2D eigenvalue weighted by Gasteiger charge is -2.31. The van der Waals surface area contributed by atoms with Crippen LogP contribution in [0.2, 0.25) is 0 Å². The molecule has 0 bridgehead atoms. The minimum atomic E-state index is -0.193. The van der Waals surface area contributed by atoms with Crippen LogP contribution < -0.4 is 5.32 Å². The first-order valence-electron chi connectivity index (χ1n) is 9.91. The molecule has 1 aromatic carbocycles. The molecule has 3 aliphatic carbocycles. The molecule has 3 nitrogen and oxygen atoms in total. The van der Waals surface area contributed by atoms with E-state index in [1.807, 2.05) is 12.1 Å². The number of carbonyl (C=O) groups is 1. The number of hydrogen-bond acceptors (Lipinski definition) is 2. The Hall–Kier alpha value is -1.42. The molecular formula is C21H29FN2O. The molecule has 3 aliphatic rings. The molecule has 25 heavy (non-hydrogen) atoms. The largest absolute Gasteiger partial charge is 0.354 e. The van der Waals surface area contributed by atoms with Crippen molar-refractivity contribution in [2.75, 3.05) is 19.6 Å². The van der Waals surface area contributed by atoms with Gasteiger partial charge >= 0.3 is 0 Å². The van der Waals surface area contributed by atoms with Gasteiger partial charge in [-0.1, -0.05) is 25.0 Å². The summed E-state index contributed by atoms with van der Waals surface area (Å²) in [5.41, 5.74) is 1.16. The summed E-state index contributed by atoms with van der Waals surface area (Å²) >= 11 is 0. The number of rotatable bonds is 8. The lowest BCUT2D eigenvalue weighted by atomic mass is 9.79. The van der Waals surface area contributed by atoms with E-state index in [4.69, 9.17) is 0 Å². The Morgan fingerprint density at radius 1 is 1.12 bits per heavy atom. The maximum Gasteiger partial charge on any atom is 0.234 e. The summed E-state index contributed by atoms with van der Waals surface area (Å²) in [7, 11) is 0. The summed E-state index contributed by atoms with van der Waals surface area (Å²) < 4.78 is 13.3. The lowest BCUT2D eigenvalue weighted by molar-refractivity contribution is -0.122. The molecule has 1 N–H and O–H groups in total. The Morgan fingerprint density at radius 3 is 2.40 bits per heavy atom. The van der Waals surface area contributed by atoms with Crippen molar-refractivity contribution in [2.45, 2.75) is 62.8 Å². The third-order valence-corrected chi connectivity index (χ3v) is 6.24. The highest BCUT2D eigenvalue weighted by Crippen LogP contribution is 2.40. The molecular weight excluding hydrogens is 315 g/mol. The highest BCUT2D eigenvalue weighted by Gasteiger charge is 2.37. The van der Waals surface area contributed by atoms with Crippen molar-refractivity contribution in [2.24, 2.45) is 5.92 Å². The molecule has 0 spiro atoms. The van der Waals surface area contributed by atoms with Gasteiger partial charge in [0.25, 0.3) is 0 Å². The highest BCUT2D eigenvalue weighted by molar-refractivity contribution is 5.78. The normalized spacial score (nSPS) is 22.3. The Kier molecular flexibility index (Phi) is 4.81. The van der Waals surface area contributed by atoms with Crippen LogP contribution in [0.1, 0.15) is 56.9 Å². The van der Waals surface area contributed by atoms with E-state index in [-0.39, 0.29) is 17.1 Å². The maximum atomic E-state index is 13.3. The number of benzene rings is 1. The van der Waals surface area contributed by atoms with Gasteiger partial charge in [-0.2, -0.15) is 0 Å². The molecule has 3 saturated carbocycles. The highest BCUT2D eigenvalue weighted by atomic mass is 19.1. The van der Waals surface area contributed by atoms with E-state index in [2.05, 4.69) is 10.2 Å². The number of nitrogens with zero attached hydrogens (tertiary/aromatic N) is 1. The van der Waals surface area contributed by atoms with Crippen LogP contribution in [-0.4, -0.2) is 36.5 Å².